The lowest BCUT2D eigenvalue weighted by atomic mass is 9.90. The smallest absolute Gasteiger partial charge is 0.265 e. The van der Waals surface area contributed by atoms with Crippen LogP contribution in [0.5, 0.6) is 0 Å². The van der Waals surface area contributed by atoms with Gasteiger partial charge in [0.25, 0.3) is 5.56 Å². The molecule has 1 aliphatic carbocycles. The van der Waals surface area contributed by atoms with Gasteiger partial charge in [-0.1, -0.05) is 37.3 Å². The number of hydrogen-bond donors (Lipinski definition) is 2. The molecule has 2 fully saturated rings. The zero-order chi connectivity index (χ0) is 20.9. The minimum Gasteiger partial charge on any atom is -0.388 e. The van der Waals surface area contributed by atoms with Crippen LogP contribution < -0.4 is 5.56 Å². The zero-order valence-electron chi connectivity index (χ0n) is 17.0. The molecule has 3 aromatic rings. The van der Waals surface area contributed by atoms with Gasteiger partial charge >= 0.3 is 0 Å². The lowest BCUT2D eigenvalue weighted by Gasteiger charge is -2.39. The first-order valence-corrected chi connectivity index (χ1v) is 10.4. The summed E-state index contributed by atoms with van der Waals surface area (Å²) in [5.74, 6) is 0.683. The summed E-state index contributed by atoms with van der Waals surface area (Å²) < 4.78 is 1.55. The number of aromatic nitrogens is 4. The highest BCUT2D eigenvalue weighted by molar-refractivity contribution is 5.85. The van der Waals surface area contributed by atoms with E-state index in [1.165, 1.54) is 6.20 Å². The molecule has 2 aliphatic rings. The Balaban J connectivity index is 1.46. The van der Waals surface area contributed by atoms with Gasteiger partial charge in [0, 0.05) is 24.1 Å². The molecule has 3 heterocycles. The maximum absolute atomic E-state index is 13.2. The normalized spacial score (nSPS) is 19.7. The van der Waals surface area contributed by atoms with Crippen molar-refractivity contribution in [1.29, 1.82) is 0 Å². The van der Waals surface area contributed by atoms with Crippen LogP contribution in [0, 0.1) is 5.41 Å². The Morgan fingerprint density at radius 1 is 1.17 bits per heavy atom. The molecule has 2 N–H and O–H groups in total. The second-order valence-corrected chi connectivity index (χ2v) is 8.90. The molecule has 0 spiro atoms. The minimum absolute atomic E-state index is 0.128. The van der Waals surface area contributed by atoms with Crippen molar-refractivity contribution >= 4 is 16.9 Å². The Morgan fingerprint density at radius 3 is 2.53 bits per heavy atom. The van der Waals surface area contributed by atoms with Gasteiger partial charge in [0.2, 0.25) is 5.91 Å². The van der Waals surface area contributed by atoms with Crippen LogP contribution in [0.3, 0.4) is 0 Å². The summed E-state index contributed by atoms with van der Waals surface area (Å²) in [7, 11) is 0. The van der Waals surface area contributed by atoms with E-state index in [2.05, 4.69) is 15.2 Å². The molecule has 8 heteroatoms. The van der Waals surface area contributed by atoms with E-state index < -0.39 is 5.60 Å². The molecule has 8 nitrogen and oxygen atoms in total. The van der Waals surface area contributed by atoms with Crippen molar-refractivity contribution < 1.29 is 9.90 Å². The summed E-state index contributed by atoms with van der Waals surface area (Å²) in [5.41, 5.74) is -0.286. The first-order chi connectivity index (χ1) is 14.4. The third kappa shape index (κ3) is 3.21. The molecular formula is C22H25N5O3. The van der Waals surface area contributed by atoms with Crippen molar-refractivity contribution in [3.05, 3.63) is 46.9 Å². The number of nitrogens with zero attached hydrogens (tertiary/aromatic N) is 4. The van der Waals surface area contributed by atoms with E-state index in [0.29, 0.717) is 42.8 Å². The Labute approximate surface area is 173 Å². The highest BCUT2D eigenvalue weighted by Crippen LogP contribution is 2.47. The van der Waals surface area contributed by atoms with E-state index in [4.69, 9.17) is 0 Å². The van der Waals surface area contributed by atoms with Crippen LogP contribution in [-0.4, -0.2) is 54.4 Å². The highest BCUT2D eigenvalue weighted by Gasteiger charge is 2.48. The first-order valence-electron chi connectivity index (χ1n) is 10.4. The molecule has 0 unspecified atom stereocenters. The number of piperidine rings is 1. The Kier molecular flexibility index (Phi) is 4.28. The monoisotopic (exact) mass is 407 g/mol. The topological polar surface area (TPSA) is 104 Å². The van der Waals surface area contributed by atoms with Gasteiger partial charge in [-0.2, -0.15) is 5.10 Å². The van der Waals surface area contributed by atoms with E-state index in [0.717, 1.165) is 18.4 Å². The fourth-order valence-corrected chi connectivity index (χ4v) is 4.24. The second-order valence-electron chi connectivity index (χ2n) is 8.90. The number of likely N-dealkylation sites (tertiary alicyclic amines) is 1. The first kappa shape index (κ1) is 19.0. The largest absolute Gasteiger partial charge is 0.388 e. The summed E-state index contributed by atoms with van der Waals surface area (Å²) in [5, 5.41) is 18.4. The van der Waals surface area contributed by atoms with E-state index in [9.17, 15) is 14.7 Å². The summed E-state index contributed by atoms with van der Waals surface area (Å²) in [4.78, 5) is 32.3. The van der Waals surface area contributed by atoms with Gasteiger partial charge in [0.1, 0.15) is 11.2 Å². The molecule has 1 amide bonds. The minimum atomic E-state index is -1.08. The summed E-state index contributed by atoms with van der Waals surface area (Å²) in [6.07, 6.45) is 4.22. The molecule has 0 atom stereocenters. The zero-order valence-corrected chi connectivity index (χ0v) is 17.0. The summed E-state index contributed by atoms with van der Waals surface area (Å²) >= 11 is 0. The third-order valence-electron chi connectivity index (χ3n) is 6.55. The molecule has 30 heavy (non-hydrogen) atoms. The van der Waals surface area contributed by atoms with Crippen LogP contribution in [0.1, 0.15) is 32.6 Å². The van der Waals surface area contributed by atoms with Crippen LogP contribution in [0.4, 0.5) is 0 Å². The van der Waals surface area contributed by atoms with E-state index in [1.54, 1.807) is 4.57 Å². The maximum atomic E-state index is 13.2. The molecule has 5 rings (SSSR count). The molecule has 0 radical (unpaired) electrons. The lowest BCUT2D eigenvalue weighted by molar-refractivity contribution is -0.141. The molecule has 0 bridgehead atoms. The number of rotatable bonds is 4. The highest BCUT2D eigenvalue weighted by atomic mass is 16.3. The SMILES string of the molecule is CC1(C(=O)N2CCC(O)(Cn3c(-c4ccccc4)nc4[nH]ncc4c3=O)CC2)CC1. The molecule has 1 aliphatic heterocycles. The fraction of sp³-hybridized carbons (Fsp3) is 0.455. The number of aromatic amines is 1. The molecular weight excluding hydrogens is 382 g/mol. The number of H-pyrrole nitrogens is 1. The van der Waals surface area contributed by atoms with Crippen molar-refractivity contribution in [2.75, 3.05) is 13.1 Å². The van der Waals surface area contributed by atoms with Crippen LogP contribution in [0.25, 0.3) is 22.4 Å². The molecule has 156 valence electrons. The standard InChI is InChI=1S/C22H25N5O3/c1-21(7-8-21)20(29)26-11-9-22(30,10-12-26)14-27-18(15-5-3-2-4-6-15)24-17-16(19(27)28)13-23-25-17/h2-6,13,30H,7-12,14H2,1H3,(H,23,25). The van der Waals surface area contributed by atoms with Crippen molar-refractivity contribution in [3.8, 4) is 11.4 Å². The fourth-order valence-electron chi connectivity index (χ4n) is 4.24. The molecule has 1 aromatic carbocycles. The van der Waals surface area contributed by atoms with Gasteiger partial charge in [0.05, 0.1) is 18.3 Å². The summed E-state index contributed by atoms with van der Waals surface area (Å²) in [6.45, 7) is 3.14. The third-order valence-corrected chi connectivity index (χ3v) is 6.55. The van der Waals surface area contributed by atoms with Crippen LogP contribution in [-0.2, 0) is 11.3 Å². The number of benzene rings is 1. The number of carbonyl (C=O) groups is 1. The average molecular weight is 407 g/mol. The molecule has 1 saturated heterocycles. The average Bonchev–Trinajstić information content (AvgIpc) is 3.32. The summed E-state index contributed by atoms with van der Waals surface area (Å²) in [6, 6.07) is 9.46. The lowest BCUT2D eigenvalue weighted by Crippen LogP contribution is -2.51. The number of amides is 1. The van der Waals surface area contributed by atoms with Gasteiger partial charge in [0.15, 0.2) is 5.65 Å². The van der Waals surface area contributed by atoms with Gasteiger partial charge in [-0.15, -0.1) is 0 Å². The van der Waals surface area contributed by atoms with E-state index in [-0.39, 0.29) is 23.4 Å². The van der Waals surface area contributed by atoms with Crippen LogP contribution >= 0.6 is 0 Å². The molecule has 1 saturated carbocycles. The van der Waals surface area contributed by atoms with E-state index in [1.807, 2.05) is 42.2 Å². The number of fused-ring (bicyclic) bond motifs is 1. The van der Waals surface area contributed by atoms with Crippen molar-refractivity contribution in [1.82, 2.24) is 24.6 Å². The number of hydrogen-bond acceptors (Lipinski definition) is 5. The van der Waals surface area contributed by atoms with Gasteiger partial charge in [-0.05, 0) is 25.7 Å². The number of nitrogens with one attached hydrogen (secondary N) is 1. The van der Waals surface area contributed by atoms with Crippen molar-refractivity contribution in [2.45, 2.75) is 44.8 Å². The predicted octanol–water partition coefficient (Wildman–Crippen LogP) is 1.94. The Bertz CT molecular complexity index is 1150. The Hall–Kier alpha value is -3.00. The van der Waals surface area contributed by atoms with Gasteiger partial charge < -0.3 is 10.0 Å². The Morgan fingerprint density at radius 2 is 1.87 bits per heavy atom. The quantitative estimate of drug-likeness (QED) is 0.688. The van der Waals surface area contributed by atoms with Gasteiger partial charge in [-0.3, -0.25) is 19.3 Å². The number of aliphatic hydroxyl groups is 1. The molecule has 2 aromatic heterocycles. The van der Waals surface area contributed by atoms with E-state index >= 15 is 0 Å². The number of carbonyl (C=O) groups excluding carboxylic acids is 1. The second kappa shape index (κ2) is 6.77. The van der Waals surface area contributed by atoms with Gasteiger partial charge in [-0.25, -0.2) is 4.98 Å². The maximum Gasteiger partial charge on any atom is 0.265 e. The van der Waals surface area contributed by atoms with Crippen LogP contribution in [0.15, 0.2) is 41.3 Å². The van der Waals surface area contributed by atoms with Crippen molar-refractivity contribution in [3.63, 3.8) is 0 Å². The predicted molar refractivity (Wildman–Crippen MR) is 112 cm³/mol. The van der Waals surface area contributed by atoms with Crippen molar-refractivity contribution in [2.24, 2.45) is 5.41 Å². The van der Waals surface area contributed by atoms with Crippen LogP contribution in [0.2, 0.25) is 0 Å².